The third-order valence-electron chi connectivity index (χ3n) is 2.83. The summed E-state index contributed by atoms with van der Waals surface area (Å²) in [6.07, 6.45) is 0.402. The second-order valence-electron chi connectivity index (χ2n) is 4.37. The molecule has 0 radical (unpaired) electrons. The van der Waals surface area contributed by atoms with Crippen molar-refractivity contribution < 1.29 is 14.0 Å². The van der Waals surface area contributed by atoms with E-state index in [4.69, 9.17) is 4.52 Å². The van der Waals surface area contributed by atoms with Gasteiger partial charge >= 0.3 is 0 Å². The second kappa shape index (κ2) is 5.13. The highest BCUT2D eigenvalue weighted by Gasteiger charge is 2.09. The van der Waals surface area contributed by atoms with E-state index < -0.39 is 0 Å². The molecule has 0 unspecified atom stereocenters. The number of benzene rings is 2. The number of aromatic nitrogens is 2. The molecule has 5 heteroatoms. The molecule has 0 spiro atoms. The molecule has 0 saturated heterocycles. The molecule has 0 atom stereocenters. The van der Waals surface area contributed by atoms with E-state index in [1.165, 1.54) is 12.1 Å². The first-order valence-corrected chi connectivity index (χ1v) is 6.07. The Labute approximate surface area is 114 Å². The third kappa shape index (κ3) is 2.66. The lowest BCUT2D eigenvalue weighted by Gasteiger charge is -1.96. The Kier molecular flexibility index (Phi) is 3.16. The van der Waals surface area contributed by atoms with Crippen molar-refractivity contribution in [3.8, 4) is 17.2 Å². The average molecular weight is 270 g/mol. The van der Waals surface area contributed by atoms with Gasteiger partial charge in [-0.3, -0.25) is 0 Å². The molecule has 3 aromatic rings. The number of nitrogens with zero attached hydrogens (tertiary/aromatic N) is 2. The van der Waals surface area contributed by atoms with Crippen LogP contribution in [0.3, 0.4) is 0 Å². The highest BCUT2D eigenvalue weighted by atomic mass is 19.1. The van der Waals surface area contributed by atoms with E-state index in [2.05, 4.69) is 10.1 Å². The van der Waals surface area contributed by atoms with E-state index in [0.717, 1.165) is 11.1 Å². The van der Waals surface area contributed by atoms with E-state index in [-0.39, 0.29) is 11.6 Å². The first kappa shape index (κ1) is 12.3. The normalized spacial score (nSPS) is 10.7. The monoisotopic (exact) mass is 270 g/mol. The maximum atomic E-state index is 13.1. The van der Waals surface area contributed by atoms with Gasteiger partial charge in [0.25, 0.3) is 5.89 Å². The number of hydrogen-bond donors (Lipinski definition) is 1. The number of aromatic hydroxyl groups is 1. The van der Waals surface area contributed by atoms with Gasteiger partial charge in [-0.15, -0.1) is 0 Å². The van der Waals surface area contributed by atoms with Gasteiger partial charge in [0.1, 0.15) is 11.6 Å². The predicted molar refractivity (Wildman–Crippen MR) is 70.6 cm³/mol. The number of phenols is 1. The van der Waals surface area contributed by atoms with Gasteiger partial charge in [0, 0.05) is 12.0 Å². The summed E-state index contributed by atoms with van der Waals surface area (Å²) in [7, 11) is 0. The Bertz CT molecular complexity index is 723. The zero-order valence-corrected chi connectivity index (χ0v) is 10.5. The quantitative estimate of drug-likeness (QED) is 0.794. The fraction of sp³-hybridized carbons (Fsp3) is 0.0667. The Morgan fingerprint density at radius 1 is 1.10 bits per heavy atom. The van der Waals surface area contributed by atoms with Gasteiger partial charge in [0.05, 0.1) is 0 Å². The van der Waals surface area contributed by atoms with Gasteiger partial charge in [-0.05, 0) is 42.0 Å². The van der Waals surface area contributed by atoms with Crippen LogP contribution in [0.5, 0.6) is 5.75 Å². The number of phenolic OH excluding ortho intramolecular Hbond substituents is 1. The summed E-state index contributed by atoms with van der Waals surface area (Å²) in [5.74, 6) is 0.744. The molecule has 0 aliphatic carbocycles. The molecule has 1 N–H and O–H groups in total. The fourth-order valence-corrected chi connectivity index (χ4v) is 1.88. The molecule has 4 nitrogen and oxygen atoms in total. The third-order valence-corrected chi connectivity index (χ3v) is 2.83. The van der Waals surface area contributed by atoms with Crippen molar-refractivity contribution in [2.45, 2.75) is 6.42 Å². The van der Waals surface area contributed by atoms with Crippen LogP contribution in [0.15, 0.2) is 53.1 Å². The minimum absolute atomic E-state index is 0.174. The van der Waals surface area contributed by atoms with Crippen LogP contribution in [-0.4, -0.2) is 15.2 Å². The fourth-order valence-electron chi connectivity index (χ4n) is 1.88. The second-order valence-corrected chi connectivity index (χ2v) is 4.37. The van der Waals surface area contributed by atoms with Crippen LogP contribution in [0.4, 0.5) is 4.39 Å². The molecule has 0 fully saturated rings. The molecular formula is C15H11FN2O2. The summed E-state index contributed by atoms with van der Waals surface area (Å²) < 4.78 is 18.2. The van der Waals surface area contributed by atoms with E-state index in [9.17, 15) is 9.50 Å². The molecule has 20 heavy (non-hydrogen) atoms. The van der Waals surface area contributed by atoms with Gasteiger partial charge in [-0.1, -0.05) is 17.3 Å². The van der Waals surface area contributed by atoms with E-state index in [1.54, 1.807) is 36.4 Å². The van der Waals surface area contributed by atoms with Crippen LogP contribution in [0.1, 0.15) is 11.4 Å². The summed E-state index contributed by atoms with van der Waals surface area (Å²) in [6, 6.07) is 12.8. The van der Waals surface area contributed by atoms with Crippen molar-refractivity contribution >= 4 is 0 Å². The maximum Gasteiger partial charge on any atom is 0.257 e. The minimum Gasteiger partial charge on any atom is -0.508 e. The van der Waals surface area contributed by atoms with Crippen molar-refractivity contribution in [3.63, 3.8) is 0 Å². The first-order valence-electron chi connectivity index (χ1n) is 6.07. The van der Waals surface area contributed by atoms with Crippen LogP contribution in [0.25, 0.3) is 11.5 Å². The van der Waals surface area contributed by atoms with Gasteiger partial charge in [0.2, 0.25) is 0 Å². The molecule has 1 heterocycles. The SMILES string of the molecule is Oc1ccc(-c2nc(Cc3cccc(F)c3)no2)cc1. The summed E-state index contributed by atoms with van der Waals surface area (Å²) in [5.41, 5.74) is 1.50. The van der Waals surface area contributed by atoms with Crippen LogP contribution in [-0.2, 0) is 6.42 Å². The van der Waals surface area contributed by atoms with Gasteiger partial charge in [0.15, 0.2) is 5.82 Å². The standard InChI is InChI=1S/C15H11FN2O2/c16-12-3-1-2-10(8-12)9-14-17-15(20-18-14)11-4-6-13(19)7-5-11/h1-8,19H,9H2. The molecule has 1 aromatic heterocycles. The topological polar surface area (TPSA) is 59.2 Å². The van der Waals surface area contributed by atoms with Crippen LogP contribution in [0, 0.1) is 5.82 Å². The lowest BCUT2D eigenvalue weighted by Crippen LogP contribution is -1.91. The van der Waals surface area contributed by atoms with Crippen LogP contribution in [0.2, 0.25) is 0 Å². The predicted octanol–water partition coefficient (Wildman–Crippen LogP) is 3.17. The van der Waals surface area contributed by atoms with E-state index in [1.807, 2.05) is 0 Å². The Morgan fingerprint density at radius 2 is 1.90 bits per heavy atom. The number of halogens is 1. The molecule has 0 aliphatic heterocycles. The van der Waals surface area contributed by atoms with Crippen molar-refractivity contribution in [1.82, 2.24) is 10.1 Å². The van der Waals surface area contributed by atoms with Crippen molar-refractivity contribution in [2.75, 3.05) is 0 Å². The molecule has 100 valence electrons. The van der Waals surface area contributed by atoms with Gasteiger partial charge < -0.3 is 9.63 Å². The average Bonchev–Trinajstić information content (AvgIpc) is 2.88. The summed E-state index contributed by atoms with van der Waals surface area (Å²) in [4.78, 5) is 4.25. The molecule has 3 rings (SSSR count). The minimum atomic E-state index is -0.287. The summed E-state index contributed by atoms with van der Waals surface area (Å²) in [5, 5.41) is 13.1. The van der Waals surface area contributed by atoms with Gasteiger partial charge in [-0.2, -0.15) is 4.98 Å². The molecule has 0 aliphatic rings. The Hall–Kier alpha value is -2.69. The van der Waals surface area contributed by atoms with E-state index >= 15 is 0 Å². The summed E-state index contributed by atoms with van der Waals surface area (Å²) >= 11 is 0. The largest absolute Gasteiger partial charge is 0.508 e. The lowest BCUT2D eigenvalue weighted by molar-refractivity contribution is 0.423. The lowest BCUT2D eigenvalue weighted by atomic mass is 10.1. The zero-order chi connectivity index (χ0) is 13.9. The first-order chi connectivity index (χ1) is 9.70. The maximum absolute atomic E-state index is 13.1. The van der Waals surface area contributed by atoms with E-state index in [0.29, 0.717) is 18.1 Å². The molecule has 0 amide bonds. The summed E-state index contributed by atoms with van der Waals surface area (Å²) in [6.45, 7) is 0. The van der Waals surface area contributed by atoms with Crippen molar-refractivity contribution in [1.29, 1.82) is 0 Å². The zero-order valence-electron chi connectivity index (χ0n) is 10.5. The Morgan fingerprint density at radius 3 is 2.65 bits per heavy atom. The Balaban J connectivity index is 1.82. The molecular weight excluding hydrogens is 259 g/mol. The number of hydrogen-bond acceptors (Lipinski definition) is 4. The highest BCUT2D eigenvalue weighted by Crippen LogP contribution is 2.20. The molecule has 2 aromatic carbocycles. The van der Waals surface area contributed by atoms with Gasteiger partial charge in [-0.25, -0.2) is 4.39 Å². The smallest absolute Gasteiger partial charge is 0.257 e. The molecule has 0 bridgehead atoms. The molecule has 0 saturated carbocycles. The van der Waals surface area contributed by atoms with Crippen molar-refractivity contribution in [2.24, 2.45) is 0 Å². The number of rotatable bonds is 3. The van der Waals surface area contributed by atoms with Crippen LogP contribution >= 0.6 is 0 Å². The van der Waals surface area contributed by atoms with Crippen LogP contribution < -0.4 is 0 Å². The highest BCUT2D eigenvalue weighted by molar-refractivity contribution is 5.54. The van der Waals surface area contributed by atoms with Crippen molar-refractivity contribution in [3.05, 3.63) is 65.7 Å².